The highest BCUT2D eigenvalue weighted by Crippen LogP contribution is 2.29. The third kappa shape index (κ3) is 7.06. The van der Waals surface area contributed by atoms with Gasteiger partial charge in [0.05, 0.1) is 17.7 Å². The van der Waals surface area contributed by atoms with Crippen LogP contribution in [0.1, 0.15) is 18.4 Å². The highest BCUT2D eigenvalue weighted by atomic mass is 35.5. The number of methoxy groups -OCH3 is 1. The van der Waals surface area contributed by atoms with Crippen LogP contribution >= 0.6 is 11.6 Å². The van der Waals surface area contributed by atoms with Crippen LogP contribution in [0.25, 0.3) is 11.1 Å². The lowest BCUT2D eigenvalue weighted by molar-refractivity contribution is -0.133. The number of hydrogen-bond acceptors (Lipinski definition) is 7. The van der Waals surface area contributed by atoms with Gasteiger partial charge in [0.2, 0.25) is 5.91 Å². The zero-order chi connectivity index (χ0) is 32.5. The van der Waals surface area contributed by atoms with Crippen LogP contribution in [0, 0.1) is 10.6 Å². The van der Waals surface area contributed by atoms with E-state index in [9.17, 15) is 27.8 Å². The second kappa shape index (κ2) is 13.1. The highest BCUT2D eigenvalue weighted by molar-refractivity contribution is 7.91. The van der Waals surface area contributed by atoms with Crippen molar-refractivity contribution in [3.05, 3.63) is 79.8 Å². The predicted octanol–water partition coefficient (Wildman–Crippen LogP) is 3.24. The summed E-state index contributed by atoms with van der Waals surface area (Å²) in [5.74, 6) is -0.699. The number of nitrogens with zero attached hydrogens (tertiary/aromatic N) is 4. The summed E-state index contributed by atoms with van der Waals surface area (Å²) in [6, 6.07) is 9.16. The van der Waals surface area contributed by atoms with Gasteiger partial charge in [-0.3, -0.25) is 27.7 Å². The van der Waals surface area contributed by atoms with Gasteiger partial charge < -0.3 is 19.9 Å². The van der Waals surface area contributed by atoms with Crippen molar-refractivity contribution in [2.45, 2.75) is 38.4 Å². The first-order valence-corrected chi connectivity index (χ1v) is 16.9. The van der Waals surface area contributed by atoms with Crippen LogP contribution in [-0.4, -0.2) is 79.9 Å². The smallest absolute Gasteiger partial charge is 0.331 e. The number of likely N-dealkylation sites (tertiary alicyclic amines) is 1. The van der Waals surface area contributed by atoms with E-state index in [1.54, 1.807) is 23.0 Å². The number of ether oxygens (including phenoxy) is 1. The molecular formula is C30H34ClFN6O6S. The lowest BCUT2D eigenvalue weighted by Crippen LogP contribution is -2.51. The SMILES string of the molecule is COc1ccc2c(c1)CCN(C1CCN(C(=O)Cn3cc(-c4cccc(F)c4Cl)c(=O)n(CCS(C)(=N)=O)c3=O)CC1)C(=O)N2. The zero-order valence-electron chi connectivity index (χ0n) is 24.9. The molecule has 0 radical (unpaired) electrons. The minimum absolute atomic E-state index is 0.0388. The van der Waals surface area contributed by atoms with Crippen molar-refractivity contribution in [3.63, 3.8) is 0 Å². The molecule has 1 fully saturated rings. The third-order valence-corrected chi connectivity index (χ3v) is 9.53. The summed E-state index contributed by atoms with van der Waals surface area (Å²) in [5, 5.41) is 2.65. The molecule has 1 aromatic heterocycles. The van der Waals surface area contributed by atoms with Crippen LogP contribution in [0.15, 0.2) is 52.2 Å². The van der Waals surface area contributed by atoms with E-state index in [0.29, 0.717) is 44.6 Å². The summed E-state index contributed by atoms with van der Waals surface area (Å²) in [5.41, 5.74) is 0.0384. The molecular weight excluding hydrogens is 627 g/mol. The molecule has 2 aliphatic rings. The monoisotopic (exact) mass is 660 g/mol. The first-order valence-electron chi connectivity index (χ1n) is 14.4. The second-order valence-electron chi connectivity index (χ2n) is 11.2. The summed E-state index contributed by atoms with van der Waals surface area (Å²) in [7, 11) is -1.46. The van der Waals surface area contributed by atoms with Crippen molar-refractivity contribution in [1.29, 1.82) is 4.78 Å². The Morgan fingerprint density at radius 1 is 1.13 bits per heavy atom. The number of carbonyl (C=O) groups is 2. The highest BCUT2D eigenvalue weighted by Gasteiger charge is 2.32. The zero-order valence-corrected chi connectivity index (χ0v) is 26.5. The predicted molar refractivity (Wildman–Crippen MR) is 169 cm³/mol. The third-order valence-electron chi connectivity index (χ3n) is 8.18. The first-order chi connectivity index (χ1) is 21.4. The number of aromatic nitrogens is 2. The molecule has 45 heavy (non-hydrogen) atoms. The molecule has 1 saturated heterocycles. The van der Waals surface area contributed by atoms with Gasteiger partial charge >= 0.3 is 11.7 Å². The van der Waals surface area contributed by atoms with E-state index in [-0.39, 0.29) is 46.4 Å². The van der Waals surface area contributed by atoms with Crippen LogP contribution in [-0.2, 0) is 34.0 Å². The van der Waals surface area contributed by atoms with Crippen LogP contribution in [0.5, 0.6) is 5.75 Å². The van der Waals surface area contributed by atoms with Gasteiger partial charge in [-0.25, -0.2) is 14.0 Å². The van der Waals surface area contributed by atoms with Gasteiger partial charge in [-0.15, -0.1) is 0 Å². The van der Waals surface area contributed by atoms with Gasteiger partial charge in [-0.2, -0.15) is 0 Å². The van der Waals surface area contributed by atoms with Crippen LogP contribution < -0.4 is 21.3 Å². The molecule has 3 aromatic rings. The number of urea groups is 1. The normalized spacial score (nSPS) is 16.8. The average Bonchev–Trinajstić information content (AvgIpc) is 3.17. The molecule has 1 unspecified atom stereocenters. The summed E-state index contributed by atoms with van der Waals surface area (Å²) in [6.45, 7) is 0.470. The molecule has 3 heterocycles. The summed E-state index contributed by atoms with van der Waals surface area (Å²) < 4.78 is 41.2. The number of hydrogen-bond donors (Lipinski definition) is 2. The molecule has 15 heteroatoms. The number of halogens is 2. The van der Waals surface area contributed by atoms with Crippen LogP contribution in [0.3, 0.4) is 0 Å². The van der Waals surface area contributed by atoms with E-state index < -0.39 is 33.3 Å². The number of nitrogens with one attached hydrogen (secondary N) is 2. The van der Waals surface area contributed by atoms with E-state index in [4.69, 9.17) is 21.1 Å². The number of anilines is 1. The molecule has 0 spiro atoms. The minimum Gasteiger partial charge on any atom is -0.497 e. The molecule has 0 bridgehead atoms. The Kier molecular flexibility index (Phi) is 9.35. The number of rotatable bonds is 8. The number of carbonyl (C=O) groups excluding carboxylic acids is 2. The van der Waals surface area contributed by atoms with E-state index >= 15 is 0 Å². The molecule has 2 aliphatic heterocycles. The number of piperidine rings is 1. The first kappa shape index (κ1) is 32.2. The maximum absolute atomic E-state index is 14.3. The maximum atomic E-state index is 14.3. The second-order valence-corrected chi connectivity index (χ2v) is 14.0. The van der Waals surface area contributed by atoms with Crippen molar-refractivity contribution in [1.82, 2.24) is 18.9 Å². The largest absolute Gasteiger partial charge is 0.497 e. The van der Waals surface area contributed by atoms with Crippen LogP contribution in [0.4, 0.5) is 14.9 Å². The van der Waals surface area contributed by atoms with E-state index in [0.717, 1.165) is 26.5 Å². The van der Waals surface area contributed by atoms with Gasteiger partial charge in [0, 0.05) is 71.4 Å². The van der Waals surface area contributed by atoms with Gasteiger partial charge in [-0.1, -0.05) is 23.7 Å². The van der Waals surface area contributed by atoms with Crippen molar-refractivity contribution >= 4 is 39.0 Å². The summed E-state index contributed by atoms with van der Waals surface area (Å²) in [4.78, 5) is 56.6. The summed E-state index contributed by atoms with van der Waals surface area (Å²) >= 11 is 6.16. The number of fused-ring (bicyclic) bond motifs is 1. The fraction of sp³-hybridized carbons (Fsp3) is 0.400. The molecule has 3 amide bonds. The molecule has 1 atom stereocenters. The number of benzene rings is 2. The standard InChI is InChI=1S/C30H34ClFN6O6S/c1-44-21-6-7-25-19(16-21)8-13-37(29(41)34-25)20-9-11-35(12-10-20)26(39)18-36-17-23(22-4-3-5-24(32)27(22)31)28(40)38(30(36)42)14-15-45(2,33)43/h3-7,16-17,20,33H,8-15,18H2,1-2H3,(H,34,41). The summed E-state index contributed by atoms with van der Waals surface area (Å²) in [6.07, 6.45) is 4.10. The minimum atomic E-state index is -3.05. The maximum Gasteiger partial charge on any atom is 0.331 e. The lowest BCUT2D eigenvalue weighted by atomic mass is 10.0. The lowest BCUT2D eigenvalue weighted by Gasteiger charge is -2.38. The Hall–Kier alpha value is -4.17. The molecule has 5 rings (SSSR count). The van der Waals surface area contributed by atoms with E-state index in [1.165, 1.54) is 24.6 Å². The quantitative estimate of drug-likeness (QED) is 0.379. The Balaban J connectivity index is 1.33. The molecule has 12 nitrogen and oxygen atoms in total. The van der Waals surface area contributed by atoms with Crippen molar-refractivity contribution in [3.8, 4) is 16.9 Å². The molecule has 2 N–H and O–H groups in total. The fourth-order valence-electron chi connectivity index (χ4n) is 5.70. The Bertz CT molecular complexity index is 1870. The molecule has 2 aromatic carbocycles. The van der Waals surface area contributed by atoms with E-state index in [2.05, 4.69) is 5.32 Å². The van der Waals surface area contributed by atoms with Crippen molar-refractivity contribution in [2.75, 3.05) is 44.1 Å². The van der Waals surface area contributed by atoms with Crippen molar-refractivity contribution < 1.29 is 22.9 Å². The van der Waals surface area contributed by atoms with E-state index in [1.807, 2.05) is 12.1 Å². The Morgan fingerprint density at radius 2 is 1.87 bits per heavy atom. The topological polar surface area (TPSA) is 147 Å². The van der Waals surface area contributed by atoms with Crippen LogP contribution in [0.2, 0.25) is 5.02 Å². The molecule has 0 saturated carbocycles. The Morgan fingerprint density at radius 3 is 2.56 bits per heavy atom. The van der Waals surface area contributed by atoms with Gasteiger partial charge in [0.25, 0.3) is 5.56 Å². The fourth-order valence-corrected chi connectivity index (χ4v) is 6.46. The van der Waals surface area contributed by atoms with Gasteiger partial charge in [0.1, 0.15) is 18.1 Å². The Labute approximate surface area is 264 Å². The molecule has 240 valence electrons. The molecule has 0 aliphatic carbocycles. The average molecular weight is 661 g/mol. The van der Waals surface area contributed by atoms with Gasteiger partial charge in [-0.05, 0) is 49.1 Å². The number of amides is 3. The van der Waals surface area contributed by atoms with Gasteiger partial charge in [0.15, 0.2) is 0 Å². The van der Waals surface area contributed by atoms with Crippen molar-refractivity contribution in [2.24, 2.45) is 0 Å².